The lowest BCUT2D eigenvalue weighted by atomic mass is 9.77. The summed E-state index contributed by atoms with van der Waals surface area (Å²) in [6, 6.07) is 3.78. The highest BCUT2D eigenvalue weighted by Gasteiger charge is 2.40. The zero-order chi connectivity index (χ0) is 18.3. The summed E-state index contributed by atoms with van der Waals surface area (Å²) in [5.74, 6) is 1.18. The van der Waals surface area contributed by atoms with Gasteiger partial charge in [0, 0.05) is 37.3 Å². The molecule has 0 aromatic carbocycles. The quantitative estimate of drug-likeness (QED) is 0.809. The van der Waals surface area contributed by atoms with Crippen LogP contribution < -0.4 is 5.56 Å². The molecule has 1 aromatic heterocycles. The van der Waals surface area contributed by atoms with Crippen LogP contribution in [0.15, 0.2) is 16.9 Å². The van der Waals surface area contributed by atoms with Gasteiger partial charge in [-0.3, -0.25) is 4.79 Å². The van der Waals surface area contributed by atoms with Gasteiger partial charge in [0.15, 0.2) is 0 Å². The third kappa shape index (κ3) is 3.26. The highest BCUT2D eigenvalue weighted by atomic mass is 32.2. The van der Waals surface area contributed by atoms with Crippen LogP contribution in [-0.4, -0.2) is 36.1 Å². The van der Waals surface area contributed by atoms with E-state index < -0.39 is 10.0 Å². The molecule has 1 saturated carbocycles. The first-order valence-corrected chi connectivity index (χ1v) is 11.8. The van der Waals surface area contributed by atoms with E-state index in [1.807, 2.05) is 17.6 Å². The Labute approximate surface area is 156 Å². The number of aromatic nitrogens is 1. The molecule has 26 heavy (non-hydrogen) atoms. The highest BCUT2D eigenvalue weighted by Crippen LogP contribution is 2.42. The topological polar surface area (TPSA) is 59.4 Å². The fourth-order valence-corrected chi connectivity index (χ4v) is 7.00. The van der Waals surface area contributed by atoms with Crippen LogP contribution in [0, 0.1) is 5.92 Å². The molecule has 0 radical (unpaired) electrons. The minimum Gasteiger partial charge on any atom is -0.312 e. The number of sulfonamides is 1. The molecule has 0 unspecified atom stereocenters. The number of hydrogen-bond donors (Lipinski definition) is 0. The molecule has 4 rings (SSSR count). The summed E-state index contributed by atoms with van der Waals surface area (Å²) in [6.45, 7) is 3.70. The monoisotopic (exact) mass is 378 g/mol. The highest BCUT2D eigenvalue weighted by molar-refractivity contribution is 7.89. The average Bonchev–Trinajstić information content (AvgIpc) is 2.63. The van der Waals surface area contributed by atoms with Crippen LogP contribution in [0.1, 0.15) is 75.0 Å². The Morgan fingerprint density at radius 2 is 1.81 bits per heavy atom. The molecular weight excluding hydrogens is 348 g/mol. The molecule has 2 atom stereocenters. The van der Waals surface area contributed by atoms with Crippen LogP contribution in [0.3, 0.4) is 0 Å². The zero-order valence-electron chi connectivity index (χ0n) is 15.7. The molecule has 2 bridgehead atoms. The molecule has 1 aromatic rings. The Hall–Kier alpha value is -1.14. The fraction of sp³-hybridized carbons (Fsp3) is 0.750. The molecule has 3 heterocycles. The number of rotatable bonds is 4. The smallest absolute Gasteiger partial charge is 0.250 e. The second kappa shape index (κ2) is 7.12. The van der Waals surface area contributed by atoms with E-state index >= 15 is 0 Å². The van der Waals surface area contributed by atoms with Gasteiger partial charge >= 0.3 is 0 Å². The summed E-state index contributed by atoms with van der Waals surface area (Å²) < 4.78 is 29.0. The van der Waals surface area contributed by atoms with Crippen molar-refractivity contribution in [2.24, 2.45) is 5.92 Å². The van der Waals surface area contributed by atoms with Crippen LogP contribution in [0.4, 0.5) is 0 Å². The van der Waals surface area contributed by atoms with E-state index in [9.17, 15) is 13.2 Å². The van der Waals surface area contributed by atoms with E-state index in [2.05, 4.69) is 0 Å². The maximum Gasteiger partial charge on any atom is 0.250 e. The van der Waals surface area contributed by atoms with Gasteiger partial charge in [-0.2, -0.15) is 0 Å². The summed E-state index contributed by atoms with van der Waals surface area (Å²) >= 11 is 0. The lowest BCUT2D eigenvalue weighted by Gasteiger charge is -2.43. The van der Waals surface area contributed by atoms with Crippen molar-refractivity contribution in [2.75, 3.05) is 18.8 Å². The average molecular weight is 379 g/mol. The first-order valence-electron chi connectivity index (χ1n) is 10.2. The van der Waals surface area contributed by atoms with Gasteiger partial charge in [-0.15, -0.1) is 0 Å². The van der Waals surface area contributed by atoms with E-state index in [1.165, 1.54) is 37.7 Å². The Kier molecular flexibility index (Phi) is 4.99. The fourth-order valence-electron chi connectivity index (χ4n) is 5.38. The SMILES string of the molecule is CCCS(=O)(=O)N1C[C@H]2C[C@H](C1)c1c(C3CCCCC3)ccc(=O)n1C2. The van der Waals surface area contributed by atoms with Crippen molar-refractivity contribution in [1.82, 2.24) is 8.87 Å². The molecule has 0 amide bonds. The third-order valence-electron chi connectivity index (χ3n) is 6.49. The summed E-state index contributed by atoms with van der Waals surface area (Å²) in [6.07, 6.45) is 7.87. The minimum atomic E-state index is -3.18. The number of hydrogen-bond acceptors (Lipinski definition) is 3. The summed E-state index contributed by atoms with van der Waals surface area (Å²) in [5, 5.41) is 0. The molecule has 1 aliphatic carbocycles. The molecule has 2 aliphatic heterocycles. The van der Waals surface area contributed by atoms with E-state index in [4.69, 9.17) is 0 Å². The maximum absolute atomic E-state index is 12.6. The van der Waals surface area contributed by atoms with E-state index in [0.717, 1.165) is 12.1 Å². The van der Waals surface area contributed by atoms with Crippen molar-refractivity contribution in [2.45, 2.75) is 70.3 Å². The van der Waals surface area contributed by atoms with Crippen LogP contribution in [0.25, 0.3) is 0 Å². The number of nitrogens with zero attached hydrogens (tertiary/aromatic N) is 2. The normalized spacial score (nSPS) is 27.3. The lowest BCUT2D eigenvalue weighted by Crippen LogP contribution is -2.50. The standard InChI is InChI=1S/C20H30N2O3S/c1-2-10-26(24,25)21-12-15-11-17(14-21)20-18(16-6-4-3-5-7-16)8-9-19(23)22(20)13-15/h8-9,15-17H,2-7,10-14H2,1H3/t15-,17-/m1/s1. The first-order chi connectivity index (χ1) is 12.5. The maximum atomic E-state index is 12.6. The molecule has 2 fully saturated rings. The lowest BCUT2D eigenvalue weighted by molar-refractivity contribution is 0.184. The molecule has 6 heteroatoms. The summed E-state index contributed by atoms with van der Waals surface area (Å²) in [5.41, 5.74) is 2.55. The van der Waals surface area contributed by atoms with Crippen molar-refractivity contribution in [3.63, 3.8) is 0 Å². The van der Waals surface area contributed by atoms with Crippen molar-refractivity contribution in [3.05, 3.63) is 33.7 Å². The van der Waals surface area contributed by atoms with E-state index in [-0.39, 0.29) is 23.1 Å². The van der Waals surface area contributed by atoms with Gasteiger partial charge in [-0.1, -0.05) is 32.3 Å². The predicted octanol–water partition coefficient (Wildman–Crippen LogP) is 3.05. The minimum absolute atomic E-state index is 0.0825. The molecule has 5 nitrogen and oxygen atoms in total. The molecular formula is C20H30N2O3S. The third-order valence-corrected chi connectivity index (χ3v) is 8.50. The van der Waals surface area contributed by atoms with Crippen molar-refractivity contribution in [3.8, 4) is 0 Å². The molecule has 3 aliphatic rings. The second-order valence-electron chi connectivity index (χ2n) is 8.39. The van der Waals surface area contributed by atoms with Crippen molar-refractivity contribution >= 4 is 10.0 Å². The zero-order valence-corrected chi connectivity index (χ0v) is 16.5. The Bertz CT molecular complexity index is 824. The Morgan fingerprint density at radius 3 is 2.54 bits per heavy atom. The predicted molar refractivity (Wildman–Crippen MR) is 103 cm³/mol. The van der Waals surface area contributed by atoms with Crippen molar-refractivity contribution < 1.29 is 8.42 Å². The van der Waals surface area contributed by atoms with Gasteiger partial charge < -0.3 is 4.57 Å². The summed E-state index contributed by atoms with van der Waals surface area (Å²) in [4.78, 5) is 12.5. The van der Waals surface area contributed by atoms with Gasteiger partial charge in [-0.25, -0.2) is 12.7 Å². The molecule has 0 spiro atoms. The van der Waals surface area contributed by atoms with Crippen LogP contribution in [0.2, 0.25) is 0 Å². The largest absolute Gasteiger partial charge is 0.312 e. The van der Waals surface area contributed by atoms with Gasteiger partial charge in [-0.05, 0) is 43.1 Å². The van der Waals surface area contributed by atoms with Crippen molar-refractivity contribution in [1.29, 1.82) is 0 Å². The number of fused-ring (bicyclic) bond motifs is 4. The van der Waals surface area contributed by atoms with Crippen LogP contribution >= 0.6 is 0 Å². The van der Waals surface area contributed by atoms with Gasteiger partial charge in [0.25, 0.3) is 5.56 Å². The number of pyridine rings is 1. The first kappa shape index (κ1) is 18.2. The van der Waals surface area contributed by atoms with Gasteiger partial charge in [0.05, 0.1) is 5.75 Å². The van der Waals surface area contributed by atoms with E-state index in [0.29, 0.717) is 32.0 Å². The Balaban J connectivity index is 1.72. The van der Waals surface area contributed by atoms with Crippen LogP contribution in [0.5, 0.6) is 0 Å². The molecule has 144 valence electrons. The van der Waals surface area contributed by atoms with Crippen LogP contribution in [-0.2, 0) is 16.6 Å². The number of piperidine rings is 1. The summed E-state index contributed by atoms with van der Waals surface area (Å²) in [7, 11) is -3.18. The van der Waals surface area contributed by atoms with E-state index in [1.54, 1.807) is 10.4 Å². The van der Waals surface area contributed by atoms with Gasteiger partial charge in [0.2, 0.25) is 10.0 Å². The molecule has 0 N–H and O–H groups in total. The Morgan fingerprint density at radius 1 is 1.04 bits per heavy atom. The van der Waals surface area contributed by atoms with Gasteiger partial charge in [0.1, 0.15) is 0 Å². The molecule has 1 saturated heterocycles. The second-order valence-corrected chi connectivity index (χ2v) is 10.5.